The van der Waals surface area contributed by atoms with Crippen molar-refractivity contribution >= 4 is 5.91 Å². The molecule has 1 saturated heterocycles. The average Bonchev–Trinajstić information content (AvgIpc) is 2.64. The molecule has 130 valence electrons. The SMILES string of the molecule is CCC1=C(C(=O)NC2CCN(Cc3cccnc3)CC2)CCCO1. The number of allylic oxidation sites excluding steroid dienone is 1. The Kier molecular flexibility index (Phi) is 5.86. The van der Waals surface area contributed by atoms with E-state index in [2.05, 4.69) is 21.3 Å². The fraction of sp³-hybridized carbons (Fsp3) is 0.579. The summed E-state index contributed by atoms with van der Waals surface area (Å²) in [7, 11) is 0. The molecule has 0 aliphatic carbocycles. The summed E-state index contributed by atoms with van der Waals surface area (Å²) in [5.74, 6) is 0.963. The summed E-state index contributed by atoms with van der Waals surface area (Å²) in [5.41, 5.74) is 2.11. The minimum Gasteiger partial charge on any atom is -0.497 e. The van der Waals surface area contributed by atoms with Gasteiger partial charge in [-0.1, -0.05) is 13.0 Å². The van der Waals surface area contributed by atoms with Crippen LogP contribution in [0.3, 0.4) is 0 Å². The number of ether oxygens (including phenoxy) is 1. The predicted molar refractivity (Wildman–Crippen MR) is 93.2 cm³/mol. The molecule has 1 aromatic rings. The van der Waals surface area contributed by atoms with E-state index in [9.17, 15) is 4.79 Å². The third-order valence-electron chi connectivity index (χ3n) is 4.83. The molecule has 3 heterocycles. The number of nitrogens with zero attached hydrogens (tertiary/aromatic N) is 2. The van der Waals surface area contributed by atoms with Crippen molar-refractivity contribution in [2.45, 2.75) is 51.6 Å². The van der Waals surface area contributed by atoms with Crippen molar-refractivity contribution in [3.8, 4) is 0 Å². The van der Waals surface area contributed by atoms with E-state index in [-0.39, 0.29) is 11.9 Å². The first-order valence-electron chi connectivity index (χ1n) is 9.03. The highest BCUT2D eigenvalue weighted by molar-refractivity contribution is 5.94. The lowest BCUT2D eigenvalue weighted by Crippen LogP contribution is -2.45. The molecular weight excluding hydrogens is 302 g/mol. The molecule has 0 bridgehead atoms. The molecule has 24 heavy (non-hydrogen) atoms. The van der Waals surface area contributed by atoms with E-state index in [0.717, 1.165) is 69.7 Å². The number of hydrogen-bond donors (Lipinski definition) is 1. The van der Waals surface area contributed by atoms with E-state index in [1.807, 2.05) is 19.2 Å². The van der Waals surface area contributed by atoms with Crippen LogP contribution in [0.15, 0.2) is 35.9 Å². The smallest absolute Gasteiger partial charge is 0.250 e. The molecule has 0 radical (unpaired) electrons. The van der Waals surface area contributed by atoms with Gasteiger partial charge in [-0.15, -0.1) is 0 Å². The lowest BCUT2D eigenvalue weighted by atomic mass is 10.0. The first-order chi connectivity index (χ1) is 11.8. The van der Waals surface area contributed by atoms with E-state index in [1.54, 1.807) is 6.20 Å². The Balaban J connectivity index is 1.48. The van der Waals surface area contributed by atoms with Gasteiger partial charge in [-0.2, -0.15) is 0 Å². The summed E-state index contributed by atoms with van der Waals surface area (Å²) < 4.78 is 5.64. The topological polar surface area (TPSA) is 54.5 Å². The maximum atomic E-state index is 12.5. The first-order valence-corrected chi connectivity index (χ1v) is 9.03. The minimum absolute atomic E-state index is 0.0808. The second kappa shape index (κ2) is 8.29. The Morgan fingerprint density at radius 1 is 1.42 bits per heavy atom. The summed E-state index contributed by atoms with van der Waals surface area (Å²) in [5, 5.41) is 3.22. The molecule has 5 heteroatoms. The van der Waals surface area contributed by atoms with Crippen molar-refractivity contribution in [3.63, 3.8) is 0 Å². The van der Waals surface area contributed by atoms with Crippen molar-refractivity contribution < 1.29 is 9.53 Å². The second-order valence-corrected chi connectivity index (χ2v) is 6.59. The molecule has 1 fully saturated rings. The summed E-state index contributed by atoms with van der Waals surface area (Å²) in [6.45, 7) is 5.75. The normalized spacial score (nSPS) is 19.9. The highest BCUT2D eigenvalue weighted by Gasteiger charge is 2.24. The number of aromatic nitrogens is 1. The molecule has 1 amide bonds. The van der Waals surface area contributed by atoms with E-state index in [4.69, 9.17) is 4.74 Å². The van der Waals surface area contributed by atoms with Crippen LogP contribution in [-0.4, -0.2) is 41.5 Å². The molecular formula is C19H27N3O2. The van der Waals surface area contributed by atoms with Gasteiger partial charge in [0.1, 0.15) is 5.76 Å². The number of likely N-dealkylation sites (tertiary alicyclic amines) is 1. The van der Waals surface area contributed by atoms with E-state index in [0.29, 0.717) is 0 Å². The predicted octanol–water partition coefficient (Wildman–Crippen LogP) is 2.64. The van der Waals surface area contributed by atoms with Crippen LogP contribution in [0.4, 0.5) is 0 Å². The summed E-state index contributed by atoms with van der Waals surface area (Å²) in [6, 6.07) is 4.37. The number of carbonyl (C=O) groups is 1. The van der Waals surface area contributed by atoms with Gasteiger partial charge in [0.15, 0.2) is 0 Å². The van der Waals surface area contributed by atoms with Crippen molar-refractivity contribution in [3.05, 3.63) is 41.4 Å². The standard InChI is InChI=1S/C19H27N3O2/c1-2-18-17(6-4-12-24-18)19(23)21-16-7-10-22(11-8-16)14-15-5-3-9-20-13-15/h3,5,9,13,16H,2,4,6-8,10-12,14H2,1H3,(H,21,23). The van der Waals surface area contributed by atoms with Crippen molar-refractivity contribution in [2.75, 3.05) is 19.7 Å². The number of piperidine rings is 1. The lowest BCUT2D eigenvalue weighted by molar-refractivity contribution is -0.119. The van der Waals surface area contributed by atoms with Gasteiger partial charge in [0.05, 0.1) is 12.2 Å². The van der Waals surface area contributed by atoms with Gasteiger partial charge in [-0.3, -0.25) is 14.7 Å². The number of nitrogens with one attached hydrogen (secondary N) is 1. The Bertz CT molecular complexity index is 578. The maximum Gasteiger partial charge on any atom is 0.250 e. The second-order valence-electron chi connectivity index (χ2n) is 6.59. The van der Waals surface area contributed by atoms with Crippen molar-refractivity contribution in [2.24, 2.45) is 0 Å². The fourth-order valence-electron chi connectivity index (χ4n) is 3.48. The zero-order valence-corrected chi connectivity index (χ0v) is 14.5. The summed E-state index contributed by atoms with van der Waals surface area (Å²) in [4.78, 5) is 19.1. The molecule has 0 aromatic carbocycles. The minimum atomic E-state index is 0.0808. The Morgan fingerprint density at radius 2 is 2.25 bits per heavy atom. The number of amides is 1. The summed E-state index contributed by atoms with van der Waals surface area (Å²) in [6.07, 6.45) is 8.31. The Labute approximate surface area is 144 Å². The van der Waals surface area contributed by atoms with Gasteiger partial charge in [-0.25, -0.2) is 0 Å². The van der Waals surface area contributed by atoms with E-state index in [1.165, 1.54) is 5.56 Å². The van der Waals surface area contributed by atoms with Crippen LogP contribution in [0.2, 0.25) is 0 Å². The van der Waals surface area contributed by atoms with Gasteiger partial charge < -0.3 is 10.1 Å². The van der Waals surface area contributed by atoms with Gasteiger partial charge in [-0.05, 0) is 37.3 Å². The lowest BCUT2D eigenvalue weighted by Gasteiger charge is -2.32. The number of pyridine rings is 1. The maximum absolute atomic E-state index is 12.5. The van der Waals surface area contributed by atoms with Gasteiger partial charge >= 0.3 is 0 Å². The molecule has 5 nitrogen and oxygen atoms in total. The van der Waals surface area contributed by atoms with Gasteiger partial charge in [0.25, 0.3) is 5.91 Å². The number of rotatable bonds is 5. The molecule has 2 aliphatic rings. The van der Waals surface area contributed by atoms with Crippen LogP contribution < -0.4 is 5.32 Å². The molecule has 0 saturated carbocycles. The van der Waals surface area contributed by atoms with Crippen LogP contribution in [-0.2, 0) is 16.1 Å². The molecule has 0 unspecified atom stereocenters. The third kappa shape index (κ3) is 4.35. The van der Waals surface area contributed by atoms with Crippen molar-refractivity contribution in [1.82, 2.24) is 15.2 Å². The number of hydrogen-bond acceptors (Lipinski definition) is 4. The van der Waals surface area contributed by atoms with Crippen LogP contribution >= 0.6 is 0 Å². The summed E-state index contributed by atoms with van der Waals surface area (Å²) >= 11 is 0. The van der Waals surface area contributed by atoms with E-state index < -0.39 is 0 Å². The van der Waals surface area contributed by atoms with Crippen LogP contribution in [0.25, 0.3) is 0 Å². The highest BCUT2D eigenvalue weighted by Crippen LogP contribution is 2.22. The molecule has 0 atom stereocenters. The van der Waals surface area contributed by atoms with Gasteiger partial charge in [0.2, 0.25) is 0 Å². The van der Waals surface area contributed by atoms with Crippen LogP contribution in [0, 0.1) is 0 Å². The first kappa shape index (κ1) is 17.0. The molecule has 1 N–H and O–H groups in total. The fourth-order valence-corrected chi connectivity index (χ4v) is 3.48. The third-order valence-corrected chi connectivity index (χ3v) is 4.83. The number of carbonyl (C=O) groups excluding carboxylic acids is 1. The monoisotopic (exact) mass is 329 g/mol. The average molecular weight is 329 g/mol. The molecule has 3 rings (SSSR count). The molecule has 1 aromatic heterocycles. The molecule has 0 spiro atoms. The molecule has 2 aliphatic heterocycles. The van der Waals surface area contributed by atoms with E-state index >= 15 is 0 Å². The largest absolute Gasteiger partial charge is 0.497 e. The van der Waals surface area contributed by atoms with Crippen LogP contribution in [0.5, 0.6) is 0 Å². The van der Waals surface area contributed by atoms with Crippen LogP contribution in [0.1, 0.15) is 44.6 Å². The Hall–Kier alpha value is -1.88. The van der Waals surface area contributed by atoms with Crippen molar-refractivity contribution in [1.29, 1.82) is 0 Å². The Morgan fingerprint density at radius 3 is 2.96 bits per heavy atom. The highest BCUT2D eigenvalue weighted by atomic mass is 16.5. The van der Waals surface area contributed by atoms with Gasteiger partial charge in [0, 0.05) is 44.5 Å². The quantitative estimate of drug-likeness (QED) is 0.902. The zero-order valence-electron chi connectivity index (χ0n) is 14.5. The zero-order chi connectivity index (χ0) is 16.8.